The molecule has 0 spiro atoms. The van der Waals surface area contributed by atoms with Crippen molar-refractivity contribution in [3.8, 4) is 0 Å². The quantitative estimate of drug-likeness (QED) is 0.836. The number of hydrogen-bond acceptors (Lipinski definition) is 2. The molecule has 0 atom stereocenters. The van der Waals surface area contributed by atoms with Crippen LogP contribution in [0.15, 0.2) is 12.3 Å². The summed E-state index contributed by atoms with van der Waals surface area (Å²) in [6.45, 7) is 4.00. The highest BCUT2D eigenvalue weighted by Crippen LogP contribution is 2.40. The summed E-state index contributed by atoms with van der Waals surface area (Å²) < 4.78 is 38.6. The predicted molar refractivity (Wildman–Crippen MR) is 57.7 cm³/mol. The highest BCUT2D eigenvalue weighted by Gasteiger charge is 2.49. The number of aromatic amines is 1. The molecule has 0 aliphatic rings. The molecule has 2 aromatic rings. The van der Waals surface area contributed by atoms with E-state index in [1.807, 2.05) is 0 Å². The van der Waals surface area contributed by atoms with Gasteiger partial charge in [0, 0.05) is 11.9 Å². The van der Waals surface area contributed by atoms with Gasteiger partial charge >= 0.3 is 6.18 Å². The minimum absolute atomic E-state index is 0.0746. The molecule has 0 aromatic carbocycles. The van der Waals surface area contributed by atoms with Crippen LogP contribution < -0.4 is 0 Å². The topological polar surface area (TPSA) is 41.6 Å². The third-order valence-corrected chi connectivity index (χ3v) is 2.84. The molecule has 0 saturated heterocycles. The largest absolute Gasteiger partial charge is 0.399 e. The van der Waals surface area contributed by atoms with Crippen LogP contribution >= 0.6 is 0 Å². The van der Waals surface area contributed by atoms with Crippen LogP contribution in [0.5, 0.6) is 0 Å². The number of aryl methyl sites for hydroxylation is 1. The monoisotopic (exact) mass is 243 g/mol. The number of alkyl halides is 3. The Hall–Kier alpha value is -1.59. The first-order valence-corrected chi connectivity index (χ1v) is 5.11. The van der Waals surface area contributed by atoms with Crippen molar-refractivity contribution in [2.24, 2.45) is 0 Å². The molecule has 2 rings (SSSR count). The number of rotatable bonds is 1. The van der Waals surface area contributed by atoms with Crippen LogP contribution in [0.1, 0.15) is 25.2 Å². The van der Waals surface area contributed by atoms with E-state index in [2.05, 4.69) is 15.0 Å². The zero-order valence-corrected chi connectivity index (χ0v) is 9.68. The van der Waals surface area contributed by atoms with Gasteiger partial charge in [-0.3, -0.25) is 4.98 Å². The number of aromatic nitrogens is 3. The van der Waals surface area contributed by atoms with Crippen molar-refractivity contribution in [2.45, 2.75) is 32.4 Å². The van der Waals surface area contributed by atoms with Gasteiger partial charge in [0.15, 0.2) is 5.65 Å². The van der Waals surface area contributed by atoms with Gasteiger partial charge in [0.2, 0.25) is 0 Å². The van der Waals surface area contributed by atoms with E-state index in [1.54, 1.807) is 6.92 Å². The van der Waals surface area contributed by atoms with Crippen molar-refractivity contribution in [1.82, 2.24) is 15.0 Å². The molecule has 0 aliphatic heterocycles. The lowest BCUT2D eigenvalue weighted by Crippen LogP contribution is -2.36. The van der Waals surface area contributed by atoms with Crippen LogP contribution in [0.2, 0.25) is 0 Å². The second-order valence-corrected chi connectivity index (χ2v) is 4.55. The summed E-state index contributed by atoms with van der Waals surface area (Å²) in [5, 5.41) is 0. The Kier molecular flexibility index (Phi) is 2.41. The number of nitrogens with zero attached hydrogens (tertiary/aromatic N) is 2. The lowest BCUT2D eigenvalue weighted by Gasteiger charge is -2.26. The molecule has 3 nitrogen and oxygen atoms in total. The standard InChI is InChI=1S/C11H12F3N3/c1-6-5-15-7-4-8(17-9(7)16-6)10(2,3)11(12,13)14/h4-5H,1-3H3,(H,16,17). The summed E-state index contributed by atoms with van der Waals surface area (Å²) in [7, 11) is 0. The summed E-state index contributed by atoms with van der Waals surface area (Å²) in [5.41, 5.74) is -0.370. The first kappa shape index (κ1) is 11.9. The van der Waals surface area contributed by atoms with E-state index < -0.39 is 11.6 Å². The fourth-order valence-corrected chi connectivity index (χ4v) is 1.47. The molecular weight excluding hydrogens is 231 g/mol. The molecule has 0 unspecified atom stereocenters. The van der Waals surface area contributed by atoms with Gasteiger partial charge in [-0.1, -0.05) is 0 Å². The number of hydrogen-bond donors (Lipinski definition) is 1. The number of nitrogens with one attached hydrogen (secondary N) is 1. The average Bonchev–Trinajstić information content (AvgIpc) is 2.58. The maximum Gasteiger partial charge on any atom is 0.399 e. The summed E-state index contributed by atoms with van der Waals surface area (Å²) in [5.74, 6) is 0. The van der Waals surface area contributed by atoms with Crippen molar-refractivity contribution >= 4 is 11.2 Å². The van der Waals surface area contributed by atoms with Crippen molar-refractivity contribution in [3.63, 3.8) is 0 Å². The summed E-state index contributed by atoms with van der Waals surface area (Å²) in [6, 6.07) is 1.40. The van der Waals surface area contributed by atoms with Gasteiger partial charge in [0.05, 0.1) is 5.69 Å². The molecular formula is C11H12F3N3. The van der Waals surface area contributed by atoms with Crippen LogP contribution in [0, 0.1) is 6.92 Å². The Labute approximate surface area is 96.1 Å². The number of fused-ring (bicyclic) bond motifs is 1. The summed E-state index contributed by atoms with van der Waals surface area (Å²) >= 11 is 0. The highest BCUT2D eigenvalue weighted by atomic mass is 19.4. The fraction of sp³-hybridized carbons (Fsp3) is 0.455. The van der Waals surface area contributed by atoms with Gasteiger partial charge in [-0.15, -0.1) is 0 Å². The van der Waals surface area contributed by atoms with E-state index in [4.69, 9.17) is 0 Å². The van der Waals surface area contributed by atoms with Gasteiger partial charge < -0.3 is 4.98 Å². The molecule has 0 amide bonds. The van der Waals surface area contributed by atoms with Gasteiger partial charge in [0.1, 0.15) is 10.9 Å². The second kappa shape index (κ2) is 3.45. The van der Waals surface area contributed by atoms with E-state index in [-0.39, 0.29) is 5.69 Å². The lowest BCUT2D eigenvalue weighted by atomic mass is 9.89. The van der Waals surface area contributed by atoms with Crippen LogP contribution in [0.25, 0.3) is 11.2 Å². The molecule has 0 fully saturated rings. The number of halogens is 3. The first-order valence-electron chi connectivity index (χ1n) is 5.11. The molecule has 0 bridgehead atoms. The SMILES string of the molecule is Cc1cnc2cc(C(C)(C)C(F)(F)F)[nH]c2n1. The van der Waals surface area contributed by atoms with Crippen molar-refractivity contribution in [3.05, 3.63) is 23.7 Å². The van der Waals surface area contributed by atoms with E-state index in [0.29, 0.717) is 16.9 Å². The van der Waals surface area contributed by atoms with Gasteiger partial charge in [-0.25, -0.2) is 4.98 Å². The number of H-pyrrole nitrogens is 1. The normalized spacial score (nSPS) is 13.3. The van der Waals surface area contributed by atoms with Gasteiger partial charge in [-0.05, 0) is 26.8 Å². The average molecular weight is 243 g/mol. The van der Waals surface area contributed by atoms with E-state index >= 15 is 0 Å². The maximum absolute atomic E-state index is 12.9. The molecule has 1 N–H and O–H groups in total. The van der Waals surface area contributed by atoms with Crippen LogP contribution in [-0.4, -0.2) is 21.1 Å². The van der Waals surface area contributed by atoms with Gasteiger partial charge in [-0.2, -0.15) is 13.2 Å². The molecule has 0 radical (unpaired) electrons. The third-order valence-electron chi connectivity index (χ3n) is 2.84. The lowest BCUT2D eigenvalue weighted by molar-refractivity contribution is -0.181. The summed E-state index contributed by atoms with van der Waals surface area (Å²) in [4.78, 5) is 10.8. The molecule has 17 heavy (non-hydrogen) atoms. The van der Waals surface area contributed by atoms with E-state index in [0.717, 1.165) is 13.8 Å². The maximum atomic E-state index is 12.9. The Bertz CT molecular complexity index is 555. The van der Waals surface area contributed by atoms with E-state index in [9.17, 15) is 13.2 Å². The fourth-order valence-electron chi connectivity index (χ4n) is 1.47. The molecule has 0 saturated carbocycles. The van der Waals surface area contributed by atoms with E-state index in [1.165, 1.54) is 12.3 Å². The molecule has 6 heteroatoms. The first-order chi connectivity index (χ1) is 7.72. The Morgan fingerprint density at radius 2 is 1.88 bits per heavy atom. The Morgan fingerprint density at radius 1 is 1.24 bits per heavy atom. The highest BCUT2D eigenvalue weighted by molar-refractivity contribution is 5.72. The van der Waals surface area contributed by atoms with Gasteiger partial charge in [0.25, 0.3) is 0 Å². The zero-order valence-electron chi connectivity index (χ0n) is 9.68. The predicted octanol–water partition coefficient (Wildman–Crippen LogP) is 3.11. The Morgan fingerprint density at radius 3 is 2.47 bits per heavy atom. The van der Waals surface area contributed by atoms with Crippen molar-refractivity contribution < 1.29 is 13.2 Å². The van der Waals surface area contributed by atoms with Crippen LogP contribution in [-0.2, 0) is 5.41 Å². The smallest absolute Gasteiger partial charge is 0.341 e. The van der Waals surface area contributed by atoms with Crippen molar-refractivity contribution in [2.75, 3.05) is 0 Å². The molecule has 0 aliphatic carbocycles. The zero-order chi connectivity index (χ0) is 12.8. The molecule has 2 aromatic heterocycles. The Balaban J connectivity index is 2.57. The molecule has 2 heterocycles. The third kappa shape index (κ3) is 1.87. The van der Waals surface area contributed by atoms with Crippen LogP contribution in [0.3, 0.4) is 0 Å². The molecule has 92 valence electrons. The second-order valence-electron chi connectivity index (χ2n) is 4.55. The minimum atomic E-state index is -4.32. The van der Waals surface area contributed by atoms with Crippen LogP contribution in [0.4, 0.5) is 13.2 Å². The minimum Gasteiger partial charge on any atom is -0.341 e. The summed E-state index contributed by atoms with van der Waals surface area (Å²) in [6.07, 6.45) is -2.79. The van der Waals surface area contributed by atoms with Crippen molar-refractivity contribution in [1.29, 1.82) is 0 Å².